The number of aryl methyl sites for hydroxylation is 4. The van der Waals surface area contributed by atoms with Gasteiger partial charge in [0.25, 0.3) is 0 Å². The Kier molecular flexibility index (Phi) is 6.19. The highest BCUT2D eigenvalue weighted by Crippen LogP contribution is 2.23. The molecule has 146 valence electrons. The molecule has 0 aliphatic heterocycles. The van der Waals surface area contributed by atoms with Crippen molar-refractivity contribution in [3.05, 3.63) is 51.8 Å². The molecule has 0 bridgehead atoms. The van der Waals surface area contributed by atoms with Crippen molar-refractivity contribution in [3.8, 4) is 0 Å². The molecule has 1 heterocycles. The summed E-state index contributed by atoms with van der Waals surface area (Å²) in [5.74, 6) is 0.879. The van der Waals surface area contributed by atoms with Gasteiger partial charge in [0, 0.05) is 25.3 Å². The van der Waals surface area contributed by atoms with Crippen LogP contribution in [0.1, 0.15) is 53.9 Å². The van der Waals surface area contributed by atoms with Crippen LogP contribution in [0.15, 0.2) is 23.2 Å². The second-order valence-corrected chi connectivity index (χ2v) is 7.67. The van der Waals surface area contributed by atoms with Crippen molar-refractivity contribution in [1.82, 2.24) is 20.4 Å². The van der Waals surface area contributed by atoms with Crippen molar-refractivity contribution in [2.75, 3.05) is 6.54 Å². The number of nitrogens with one attached hydrogen (secondary N) is 2. The fraction of sp³-hybridized carbons (Fsp3) is 0.545. The fourth-order valence-corrected chi connectivity index (χ4v) is 3.92. The van der Waals surface area contributed by atoms with Crippen LogP contribution in [0.2, 0.25) is 0 Å². The first-order valence-corrected chi connectivity index (χ1v) is 10.1. The largest absolute Gasteiger partial charge is 0.357 e. The highest BCUT2D eigenvalue weighted by atomic mass is 15.3. The van der Waals surface area contributed by atoms with E-state index in [1.54, 1.807) is 0 Å². The van der Waals surface area contributed by atoms with Gasteiger partial charge in [0.2, 0.25) is 0 Å². The molecule has 1 atom stereocenters. The molecule has 0 radical (unpaired) electrons. The van der Waals surface area contributed by atoms with Crippen molar-refractivity contribution < 1.29 is 0 Å². The number of fused-ring (bicyclic) bond motifs is 1. The van der Waals surface area contributed by atoms with Crippen LogP contribution in [0.4, 0.5) is 0 Å². The van der Waals surface area contributed by atoms with Gasteiger partial charge >= 0.3 is 0 Å². The van der Waals surface area contributed by atoms with E-state index in [1.165, 1.54) is 47.2 Å². The zero-order chi connectivity index (χ0) is 19.4. The standard InChI is InChI=1S/C22H33N5/c1-6-23-22(24-14-18-10-11-19-8-7-9-20(19)13-18)25-15(2)12-21-16(3)26-27(5)17(21)4/h10-11,13,15H,6-9,12,14H2,1-5H3,(H2,23,24,25). The molecular formula is C22H33N5. The summed E-state index contributed by atoms with van der Waals surface area (Å²) in [5.41, 5.74) is 8.00. The van der Waals surface area contributed by atoms with Gasteiger partial charge in [0.15, 0.2) is 5.96 Å². The van der Waals surface area contributed by atoms with Crippen LogP contribution in [-0.2, 0) is 32.9 Å². The number of aromatic nitrogens is 2. The van der Waals surface area contributed by atoms with Crippen LogP contribution < -0.4 is 10.6 Å². The predicted octanol–water partition coefficient (Wildman–Crippen LogP) is 3.21. The van der Waals surface area contributed by atoms with Gasteiger partial charge in [-0.3, -0.25) is 4.68 Å². The molecule has 2 aromatic rings. The molecule has 0 saturated heterocycles. The van der Waals surface area contributed by atoms with E-state index in [0.717, 1.165) is 24.6 Å². The molecule has 2 N–H and O–H groups in total. The van der Waals surface area contributed by atoms with E-state index < -0.39 is 0 Å². The Morgan fingerprint density at radius 1 is 1.26 bits per heavy atom. The smallest absolute Gasteiger partial charge is 0.191 e. The normalized spacial score (nSPS) is 14.9. The third-order valence-corrected chi connectivity index (χ3v) is 5.48. The fourth-order valence-electron chi connectivity index (χ4n) is 3.92. The summed E-state index contributed by atoms with van der Waals surface area (Å²) in [6.07, 6.45) is 4.67. The minimum atomic E-state index is 0.282. The van der Waals surface area contributed by atoms with E-state index in [4.69, 9.17) is 4.99 Å². The summed E-state index contributed by atoms with van der Waals surface area (Å²) in [7, 11) is 2.01. The highest BCUT2D eigenvalue weighted by Gasteiger charge is 2.14. The van der Waals surface area contributed by atoms with E-state index in [1.807, 2.05) is 11.7 Å². The van der Waals surface area contributed by atoms with Gasteiger partial charge in [-0.25, -0.2) is 4.99 Å². The van der Waals surface area contributed by atoms with Crippen molar-refractivity contribution in [2.24, 2.45) is 12.0 Å². The quantitative estimate of drug-likeness (QED) is 0.609. The Labute approximate surface area is 163 Å². The number of hydrogen-bond acceptors (Lipinski definition) is 2. The summed E-state index contributed by atoms with van der Waals surface area (Å²) in [5, 5.41) is 11.5. The Balaban J connectivity index is 1.64. The van der Waals surface area contributed by atoms with Crippen molar-refractivity contribution in [3.63, 3.8) is 0 Å². The van der Waals surface area contributed by atoms with Crippen LogP contribution in [0.5, 0.6) is 0 Å². The molecule has 5 heteroatoms. The van der Waals surface area contributed by atoms with Gasteiger partial charge in [-0.05, 0) is 75.6 Å². The summed E-state index contributed by atoms with van der Waals surface area (Å²) in [6.45, 7) is 10.1. The Morgan fingerprint density at radius 2 is 2.04 bits per heavy atom. The van der Waals surface area contributed by atoms with Crippen molar-refractivity contribution >= 4 is 5.96 Å². The summed E-state index contributed by atoms with van der Waals surface area (Å²) in [6, 6.07) is 7.12. The zero-order valence-electron chi connectivity index (χ0n) is 17.4. The number of guanidine groups is 1. The second-order valence-electron chi connectivity index (χ2n) is 7.67. The Bertz CT molecular complexity index is 818. The molecule has 0 amide bonds. The number of rotatable bonds is 6. The maximum atomic E-state index is 4.81. The molecule has 0 fully saturated rings. The van der Waals surface area contributed by atoms with Gasteiger partial charge in [0.1, 0.15) is 0 Å². The average Bonchev–Trinajstić information content (AvgIpc) is 3.19. The highest BCUT2D eigenvalue weighted by molar-refractivity contribution is 5.80. The molecule has 0 saturated carbocycles. The first-order chi connectivity index (χ1) is 13.0. The second kappa shape index (κ2) is 8.59. The summed E-state index contributed by atoms with van der Waals surface area (Å²) in [4.78, 5) is 4.81. The molecule has 1 unspecified atom stereocenters. The molecule has 1 aromatic heterocycles. The van der Waals surface area contributed by atoms with Crippen molar-refractivity contribution in [2.45, 2.75) is 66.0 Å². The lowest BCUT2D eigenvalue weighted by Crippen LogP contribution is -2.43. The lowest BCUT2D eigenvalue weighted by atomic mass is 10.1. The van der Waals surface area contributed by atoms with E-state index in [2.05, 4.69) is 61.6 Å². The first kappa shape index (κ1) is 19.5. The molecule has 1 aromatic carbocycles. The number of hydrogen-bond donors (Lipinski definition) is 2. The van der Waals surface area contributed by atoms with Crippen LogP contribution in [0, 0.1) is 13.8 Å². The number of aliphatic imine (C=N–C) groups is 1. The lowest BCUT2D eigenvalue weighted by molar-refractivity contribution is 0.635. The maximum Gasteiger partial charge on any atom is 0.191 e. The molecule has 1 aliphatic rings. The minimum Gasteiger partial charge on any atom is -0.357 e. The SMILES string of the molecule is CCNC(=NCc1ccc2c(c1)CCC2)NC(C)Cc1c(C)nn(C)c1C. The third kappa shape index (κ3) is 4.71. The van der Waals surface area contributed by atoms with Crippen LogP contribution >= 0.6 is 0 Å². The van der Waals surface area contributed by atoms with Gasteiger partial charge in [-0.1, -0.05) is 18.2 Å². The molecule has 27 heavy (non-hydrogen) atoms. The molecule has 3 rings (SSSR count). The van der Waals surface area contributed by atoms with Gasteiger partial charge in [-0.15, -0.1) is 0 Å². The zero-order valence-corrected chi connectivity index (χ0v) is 17.4. The van der Waals surface area contributed by atoms with E-state index in [0.29, 0.717) is 6.54 Å². The van der Waals surface area contributed by atoms with Gasteiger partial charge in [-0.2, -0.15) is 5.10 Å². The minimum absolute atomic E-state index is 0.282. The Morgan fingerprint density at radius 3 is 2.74 bits per heavy atom. The van der Waals surface area contributed by atoms with Gasteiger partial charge in [0.05, 0.1) is 12.2 Å². The lowest BCUT2D eigenvalue weighted by Gasteiger charge is -2.18. The van der Waals surface area contributed by atoms with Crippen LogP contribution in [0.25, 0.3) is 0 Å². The summed E-state index contributed by atoms with van der Waals surface area (Å²) >= 11 is 0. The monoisotopic (exact) mass is 367 g/mol. The third-order valence-electron chi connectivity index (χ3n) is 5.48. The van der Waals surface area contributed by atoms with E-state index in [9.17, 15) is 0 Å². The molecule has 5 nitrogen and oxygen atoms in total. The first-order valence-electron chi connectivity index (χ1n) is 10.1. The van der Waals surface area contributed by atoms with Crippen molar-refractivity contribution in [1.29, 1.82) is 0 Å². The molecule has 0 spiro atoms. The predicted molar refractivity (Wildman–Crippen MR) is 112 cm³/mol. The topological polar surface area (TPSA) is 54.2 Å². The molecular weight excluding hydrogens is 334 g/mol. The van der Waals surface area contributed by atoms with E-state index in [-0.39, 0.29) is 6.04 Å². The van der Waals surface area contributed by atoms with E-state index >= 15 is 0 Å². The number of nitrogens with zero attached hydrogens (tertiary/aromatic N) is 3. The number of benzene rings is 1. The summed E-state index contributed by atoms with van der Waals surface area (Å²) < 4.78 is 1.96. The molecule has 1 aliphatic carbocycles. The maximum absolute atomic E-state index is 4.81. The Hall–Kier alpha value is -2.30. The van der Waals surface area contributed by atoms with Crippen LogP contribution in [-0.4, -0.2) is 28.3 Å². The van der Waals surface area contributed by atoms with Gasteiger partial charge < -0.3 is 10.6 Å². The average molecular weight is 368 g/mol. The van der Waals surface area contributed by atoms with Crippen LogP contribution in [0.3, 0.4) is 0 Å².